The number of rotatable bonds is 5. The van der Waals surface area contributed by atoms with Crippen LogP contribution < -0.4 is 10.6 Å². The van der Waals surface area contributed by atoms with Gasteiger partial charge >= 0.3 is 0 Å². The maximum absolute atomic E-state index is 11.9. The van der Waals surface area contributed by atoms with Gasteiger partial charge in [-0.1, -0.05) is 25.5 Å². The van der Waals surface area contributed by atoms with Gasteiger partial charge in [0, 0.05) is 11.7 Å². The topological polar surface area (TPSA) is 41.1 Å². The second kappa shape index (κ2) is 7.44. The van der Waals surface area contributed by atoms with Crippen LogP contribution in [0.15, 0.2) is 24.3 Å². The third kappa shape index (κ3) is 4.64. The fraction of sp³-hybridized carbons (Fsp3) is 0.588. The molecule has 1 fully saturated rings. The van der Waals surface area contributed by atoms with Gasteiger partial charge in [-0.25, -0.2) is 0 Å². The summed E-state index contributed by atoms with van der Waals surface area (Å²) in [7, 11) is 0. The van der Waals surface area contributed by atoms with E-state index >= 15 is 0 Å². The summed E-state index contributed by atoms with van der Waals surface area (Å²) >= 11 is 0. The molecule has 0 unspecified atom stereocenters. The molecule has 3 heteroatoms. The van der Waals surface area contributed by atoms with Crippen LogP contribution in [0.25, 0.3) is 0 Å². The van der Waals surface area contributed by atoms with Gasteiger partial charge in [-0.15, -0.1) is 0 Å². The SMILES string of the molecule is CCC1CCC(NCC(=O)Nc2cccc(C)c2)CC1. The molecular formula is C17H26N2O. The molecular weight excluding hydrogens is 248 g/mol. The number of hydrogen-bond donors (Lipinski definition) is 2. The Bertz CT molecular complexity index is 436. The molecule has 1 aromatic rings. The minimum Gasteiger partial charge on any atom is -0.325 e. The molecule has 0 heterocycles. The van der Waals surface area contributed by atoms with Gasteiger partial charge < -0.3 is 10.6 Å². The van der Waals surface area contributed by atoms with Gasteiger partial charge in [0.1, 0.15) is 0 Å². The lowest BCUT2D eigenvalue weighted by Crippen LogP contribution is -2.38. The molecule has 2 rings (SSSR count). The molecule has 1 saturated carbocycles. The molecule has 3 nitrogen and oxygen atoms in total. The molecule has 0 atom stereocenters. The van der Waals surface area contributed by atoms with Crippen LogP contribution in [0.2, 0.25) is 0 Å². The quantitative estimate of drug-likeness (QED) is 0.863. The predicted octanol–water partition coefficient (Wildman–Crippen LogP) is 3.49. The van der Waals surface area contributed by atoms with E-state index in [9.17, 15) is 4.79 Å². The number of hydrogen-bond acceptors (Lipinski definition) is 2. The van der Waals surface area contributed by atoms with Crippen molar-refractivity contribution in [1.29, 1.82) is 0 Å². The Balaban J connectivity index is 1.70. The van der Waals surface area contributed by atoms with E-state index in [1.807, 2.05) is 31.2 Å². The molecule has 110 valence electrons. The smallest absolute Gasteiger partial charge is 0.238 e. The number of carbonyl (C=O) groups is 1. The average Bonchev–Trinajstić information content (AvgIpc) is 2.46. The monoisotopic (exact) mass is 274 g/mol. The van der Waals surface area contributed by atoms with E-state index in [1.165, 1.54) is 32.1 Å². The summed E-state index contributed by atoms with van der Waals surface area (Å²) in [6, 6.07) is 8.42. The van der Waals surface area contributed by atoms with E-state index in [-0.39, 0.29) is 5.91 Å². The van der Waals surface area contributed by atoms with Crippen LogP contribution in [0, 0.1) is 12.8 Å². The van der Waals surface area contributed by atoms with Crippen LogP contribution in [0.1, 0.15) is 44.6 Å². The van der Waals surface area contributed by atoms with Crippen molar-refractivity contribution in [2.75, 3.05) is 11.9 Å². The molecule has 2 N–H and O–H groups in total. The van der Waals surface area contributed by atoms with Crippen molar-refractivity contribution in [3.63, 3.8) is 0 Å². The minimum absolute atomic E-state index is 0.0493. The molecule has 0 saturated heterocycles. The number of anilines is 1. The Morgan fingerprint density at radius 3 is 2.65 bits per heavy atom. The average molecular weight is 274 g/mol. The van der Waals surface area contributed by atoms with Crippen LogP contribution in [-0.2, 0) is 4.79 Å². The zero-order chi connectivity index (χ0) is 14.4. The van der Waals surface area contributed by atoms with E-state index in [1.54, 1.807) is 0 Å². The maximum atomic E-state index is 11.9. The summed E-state index contributed by atoms with van der Waals surface area (Å²) in [6.07, 6.45) is 6.30. The lowest BCUT2D eigenvalue weighted by Gasteiger charge is -2.28. The van der Waals surface area contributed by atoms with Crippen LogP contribution in [0.3, 0.4) is 0 Å². The van der Waals surface area contributed by atoms with Gasteiger partial charge in [0.15, 0.2) is 0 Å². The molecule has 20 heavy (non-hydrogen) atoms. The summed E-state index contributed by atoms with van der Waals surface area (Å²) in [5, 5.41) is 6.33. The van der Waals surface area contributed by atoms with Crippen molar-refractivity contribution in [3.8, 4) is 0 Å². The second-order valence-electron chi connectivity index (χ2n) is 5.92. The minimum atomic E-state index is 0.0493. The Morgan fingerprint density at radius 2 is 2.00 bits per heavy atom. The third-order valence-electron chi connectivity index (χ3n) is 4.28. The van der Waals surface area contributed by atoms with E-state index in [4.69, 9.17) is 0 Å². The lowest BCUT2D eigenvalue weighted by atomic mass is 9.84. The third-order valence-corrected chi connectivity index (χ3v) is 4.28. The lowest BCUT2D eigenvalue weighted by molar-refractivity contribution is -0.115. The predicted molar refractivity (Wildman–Crippen MR) is 83.8 cm³/mol. The Morgan fingerprint density at radius 1 is 1.25 bits per heavy atom. The highest BCUT2D eigenvalue weighted by molar-refractivity contribution is 5.92. The van der Waals surface area contributed by atoms with Crippen LogP contribution in [0.5, 0.6) is 0 Å². The van der Waals surface area contributed by atoms with Crippen LogP contribution in [-0.4, -0.2) is 18.5 Å². The van der Waals surface area contributed by atoms with Gasteiger partial charge in [0.2, 0.25) is 5.91 Å². The first-order valence-corrected chi connectivity index (χ1v) is 7.77. The highest BCUT2D eigenvalue weighted by atomic mass is 16.1. The number of nitrogens with one attached hydrogen (secondary N) is 2. The van der Waals surface area contributed by atoms with Gasteiger partial charge in [-0.2, -0.15) is 0 Å². The van der Waals surface area contributed by atoms with E-state index in [2.05, 4.69) is 17.6 Å². The van der Waals surface area contributed by atoms with Crippen molar-refractivity contribution >= 4 is 11.6 Å². The second-order valence-corrected chi connectivity index (χ2v) is 5.92. The fourth-order valence-electron chi connectivity index (χ4n) is 2.94. The first kappa shape index (κ1) is 15.0. The zero-order valence-corrected chi connectivity index (χ0v) is 12.6. The van der Waals surface area contributed by atoms with E-state index in [0.717, 1.165) is 17.2 Å². The van der Waals surface area contributed by atoms with Crippen molar-refractivity contribution in [1.82, 2.24) is 5.32 Å². The molecule has 0 aromatic heterocycles. The fourth-order valence-corrected chi connectivity index (χ4v) is 2.94. The van der Waals surface area contributed by atoms with Gasteiger partial charge in [-0.3, -0.25) is 4.79 Å². The first-order valence-electron chi connectivity index (χ1n) is 7.77. The highest BCUT2D eigenvalue weighted by Gasteiger charge is 2.19. The van der Waals surface area contributed by atoms with Gasteiger partial charge in [0.05, 0.1) is 6.54 Å². The highest BCUT2D eigenvalue weighted by Crippen LogP contribution is 2.26. The zero-order valence-electron chi connectivity index (χ0n) is 12.6. The Hall–Kier alpha value is -1.35. The molecule has 0 spiro atoms. The molecule has 1 aliphatic carbocycles. The number of amides is 1. The van der Waals surface area contributed by atoms with Gasteiger partial charge in [0.25, 0.3) is 0 Å². The molecule has 0 aliphatic heterocycles. The Kier molecular flexibility index (Phi) is 5.60. The van der Waals surface area contributed by atoms with Gasteiger partial charge in [-0.05, 0) is 56.2 Å². The molecule has 1 aromatic carbocycles. The Labute approximate surface area is 122 Å². The van der Waals surface area contributed by atoms with Crippen molar-refractivity contribution < 1.29 is 4.79 Å². The summed E-state index contributed by atoms with van der Waals surface area (Å²) in [4.78, 5) is 11.9. The first-order chi connectivity index (χ1) is 9.67. The summed E-state index contributed by atoms with van der Waals surface area (Å²) in [6.45, 7) is 4.71. The number of carbonyl (C=O) groups excluding carboxylic acids is 1. The number of aryl methyl sites for hydroxylation is 1. The maximum Gasteiger partial charge on any atom is 0.238 e. The summed E-state index contributed by atoms with van der Waals surface area (Å²) < 4.78 is 0. The largest absolute Gasteiger partial charge is 0.325 e. The van der Waals surface area contributed by atoms with Crippen LogP contribution >= 0.6 is 0 Å². The standard InChI is InChI=1S/C17H26N2O/c1-3-14-7-9-15(10-8-14)18-12-17(20)19-16-6-4-5-13(2)11-16/h4-6,11,14-15,18H,3,7-10,12H2,1-2H3,(H,19,20). The summed E-state index contributed by atoms with van der Waals surface area (Å²) in [5.41, 5.74) is 2.04. The molecule has 1 amide bonds. The number of benzene rings is 1. The summed E-state index contributed by atoms with van der Waals surface area (Å²) in [5.74, 6) is 0.947. The van der Waals surface area contributed by atoms with E-state index in [0.29, 0.717) is 12.6 Å². The van der Waals surface area contributed by atoms with Crippen molar-refractivity contribution in [2.45, 2.75) is 52.0 Å². The molecule has 1 aliphatic rings. The molecule has 0 bridgehead atoms. The van der Waals surface area contributed by atoms with Crippen molar-refractivity contribution in [2.24, 2.45) is 5.92 Å². The molecule has 0 radical (unpaired) electrons. The normalized spacial score (nSPS) is 22.5. The van der Waals surface area contributed by atoms with Crippen LogP contribution in [0.4, 0.5) is 5.69 Å². The van der Waals surface area contributed by atoms with Crippen molar-refractivity contribution in [3.05, 3.63) is 29.8 Å². The van der Waals surface area contributed by atoms with E-state index < -0.39 is 0 Å².